The van der Waals surface area contributed by atoms with Crippen LogP contribution in [0.2, 0.25) is 0 Å². The first-order chi connectivity index (χ1) is 7.16. The van der Waals surface area contributed by atoms with E-state index in [4.69, 9.17) is 4.74 Å². The van der Waals surface area contributed by atoms with Gasteiger partial charge < -0.3 is 9.84 Å². The molecule has 1 unspecified atom stereocenters. The fourth-order valence-corrected chi connectivity index (χ4v) is 1.98. The summed E-state index contributed by atoms with van der Waals surface area (Å²) in [6.45, 7) is 0.223. The van der Waals surface area contributed by atoms with E-state index < -0.39 is 5.60 Å². The van der Waals surface area contributed by atoms with Gasteiger partial charge in [-0.05, 0) is 36.5 Å². The number of rotatable bonds is 4. The predicted octanol–water partition coefficient (Wildman–Crippen LogP) is 2.07. The molecule has 0 amide bonds. The Kier molecular flexibility index (Phi) is 2.76. The maximum atomic E-state index is 13.1. The van der Waals surface area contributed by atoms with Crippen LogP contribution >= 0.6 is 0 Å². The summed E-state index contributed by atoms with van der Waals surface area (Å²) in [5.74, 6) is -0.109. The Hall–Kier alpha value is -0.930. The van der Waals surface area contributed by atoms with Gasteiger partial charge in [-0.3, -0.25) is 0 Å². The van der Waals surface area contributed by atoms with E-state index in [0.29, 0.717) is 5.56 Å². The van der Waals surface area contributed by atoms with E-state index in [0.717, 1.165) is 12.8 Å². The molecule has 1 aliphatic rings. The van der Waals surface area contributed by atoms with E-state index in [2.05, 4.69) is 0 Å². The standard InChI is InChI=1S/C12H15FO2/c1-15-8-12(14,9-5-6-9)10-3-2-4-11(13)7-10/h2-4,7,9,14H,5-6,8H2,1H3. The largest absolute Gasteiger partial charge is 0.382 e. The Balaban J connectivity index is 2.31. The lowest BCUT2D eigenvalue weighted by atomic mass is 9.89. The molecular weight excluding hydrogens is 195 g/mol. The van der Waals surface area contributed by atoms with Crippen LogP contribution in [0.5, 0.6) is 0 Å². The molecule has 1 saturated carbocycles. The van der Waals surface area contributed by atoms with Crippen LogP contribution in [0.1, 0.15) is 18.4 Å². The highest BCUT2D eigenvalue weighted by molar-refractivity contribution is 5.26. The third-order valence-electron chi connectivity index (χ3n) is 2.94. The van der Waals surface area contributed by atoms with Gasteiger partial charge in [-0.2, -0.15) is 0 Å². The van der Waals surface area contributed by atoms with Crippen LogP contribution in [0, 0.1) is 11.7 Å². The SMILES string of the molecule is COCC(O)(c1cccc(F)c1)C1CC1. The zero-order chi connectivity index (χ0) is 10.9. The molecule has 0 aliphatic heterocycles. The van der Waals surface area contributed by atoms with Crippen molar-refractivity contribution in [2.45, 2.75) is 18.4 Å². The quantitative estimate of drug-likeness (QED) is 0.824. The molecule has 0 aromatic heterocycles. The first-order valence-electron chi connectivity index (χ1n) is 5.14. The summed E-state index contributed by atoms with van der Waals surface area (Å²) in [7, 11) is 1.55. The van der Waals surface area contributed by atoms with E-state index in [9.17, 15) is 9.50 Å². The van der Waals surface area contributed by atoms with Gasteiger partial charge in [0.15, 0.2) is 0 Å². The van der Waals surface area contributed by atoms with E-state index in [1.54, 1.807) is 19.2 Å². The monoisotopic (exact) mass is 210 g/mol. The Morgan fingerprint density at radius 1 is 1.53 bits per heavy atom. The van der Waals surface area contributed by atoms with Crippen molar-refractivity contribution in [1.29, 1.82) is 0 Å². The van der Waals surface area contributed by atoms with Crippen molar-refractivity contribution >= 4 is 0 Å². The smallest absolute Gasteiger partial charge is 0.123 e. The van der Waals surface area contributed by atoms with Crippen molar-refractivity contribution in [3.63, 3.8) is 0 Å². The summed E-state index contributed by atoms with van der Waals surface area (Å²) >= 11 is 0. The normalized spacial score (nSPS) is 19.9. The lowest BCUT2D eigenvalue weighted by molar-refractivity contribution is -0.0534. The van der Waals surface area contributed by atoms with Gasteiger partial charge in [0.25, 0.3) is 0 Å². The van der Waals surface area contributed by atoms with Gasteiger partial charge in [0.05, 0.1) is 6.61 Å². The van der Waals surface area contributed by atoms with Crippen molar-refractivity contribution in [1.82, 2.24) is 0 Å². The number of benzene rings is 1. The molecule has 2 nitrogen and oxygen atoms in total. The first-order valence-corrected chi connectivity index (χ1v) is 5.14. The van der Waals surface area contributed by atoms with Crippen LogP contribution < -0.4 is 0 Å². The Morgan fingerprint density at radius 2 is 2.27 bits per heavy atom. The molecule has 1 fully saturated rings. The highest BCUT2D eigenvalue weighted by Gasteiger charge is 2.45. The molecule has 0 spiro atoms. The summed E-state index contributed by atoms with van der Waals surface area (Å²) in [5, 5.41) is 10.5. The second-order valence-corrected chi connectivity index (χ2v) is 4.14. The van der Waals surface area contributed by atoms with Crippen LogP contribution in [0.4, 0.5) is 4.39 Å². The van der Waals surface area contributed by atoms with Crippen molar-refractivity contribution < 1.29 is 14.2 Å². The van der Waals surface area contributed by atoms with Gasteiger partial charge >= 0.3 is 0 Å². The first kappa shape index (κ1) is 10.6. The second kappa shape index (κ2) is 3.91. The number of aliphatic hydroxyl groups is 1. The zero-order valence-corrected chi connectivity index (χ0v) is 8.74. The lowest BCUT2D eigenvalue weighted by Crippen LogP contribution is -2.33. The summed E-state index contributed by atoms with van der Waals surface area (Å²) in [5.41, 5.74) is -0.400. The molecule has 0 radical (unpaired) electrons. The molecule has 0 heterocycles. The highest BCUT2D eigenvalue weighted by atomic mass is 19.1. The number of methoxy groups -OCH3 is 1. The van der Waals surface area contributed by atoms with E-state index >= 15 is 0 Å². The molecule has 1 N–H and O–H groups in total. The average Bonchev–Trinajstić information content (AvgIpc) is 3.01. The Morgan fingerprint density at radius 3 is 2.80 bits per heavy atom. The van der Waals surface area contributed by atoms with Gasteiger partial charge in [-0.1, -0.05) is 12.1 Å². The third kappa shape index (κ3) is 2.03. The molecule has 1 aromatic carbocycles. The summed E-state index contributed by atoms with van der Waals surface area (Å²) in [6.07, 6.45) is 1.97. The fourth-order valence-electron chi connectivity index (χ4n) is 1.98. The predicted molar refractivity (Wildman–Crippen MR) is 54.9 cm³/mol. The number of hydrogen-bond acceptors (Lipinski definition) is 2. The molecule has 15 heavy (non-hydrogen) atoms. The number of hydrogen-bond donors (Lipinski definition) is 1. The molecule has 2 rings (SSSR count). The minimum Gasteiger partial charge on any atom is -0.382 e. The third-order valence-corrected chi connectivity index (χ3v) is 2.94. The van der Waals surface area contributed by atoms with Gasteiger partial charge in [0.2, 0.25) is 0 Å². The van der Waals surface area contributed by atoms with Crippen LogP contribution in [0.15, 0.2) is 24.3 Å². The number of ether oxygens (including phenoxy) is 1. The number of halogens is 1. The molecule has 3 heteroatoms. The molecule has 0 saturated heterocycles. The maximum absolute atomic E-state index is 13.1. The van der Waals surface area contributed by atoms with Gasteiger partial charge in [-0.25, -0.2) is 4.39 Å². The second-order valence-electron chi connectivity index (χ2n) is 4.14. The molecule has 0 bridgehead atoms. The van der Waals surface area contributed by atoms with Crippen LogP contribution in [0.3, 0.4) is 0 Å². The molecule has 82 valence electrons. The highest BCUT2D eigenvalue weighted by Crippen LogP contribution is 2.45. The van der Waals surface area contributed by atoms with E-state index in [1.807, 2.05) is 0 Å². The zero-order valence-electron chi connectivity index (χ0n) is 8.74. The Bertz CT molecular complexity index is 349. The van der Waals surface area contributed by atoms with Crippen molar-refractivity contribution in [2.75, 3.05) is 13.7 Å². The minimum absolute atomic E-state index is 0.208. The molecule has 1 aliphatic carbocycles. The van der Waals surface area contributed by atoms with Crippen LogP contribution in [0.25, 0.3) is 0 Å². The fraction of sp³-hybridized carbons (Fsp3) is 0.500. The van der Waals surface area contributed by atoms with E-state index in [-0.39, 0.29) is 18.3 Å². The lowest BCUT2D eigenvalue weighted by Gasteiger charge is -2.27. The molecule has 1 atom stereocenters. The van der Waals surface area contributed by atoms with Gasteiger partial charge in [0, 0.05) is 7.11 Å². The van der Waals surface area contributed by atoms with Crippen LogP contribution in [-0.4, -0.2) is 18.8 Å². The summed E-state index contributed by atoms with van der Waals surface area (Å²) in [6, 6.07) is 6.13. The summed E-state index contributed by atoms with van der Waals surface area (Å²) in [4.78, 5) is 0. The van der Waals surface area contributed by atoms with Crippen molar-refractivity contribution in [2.24, 2.45) is 5.92 Å². The molecular formula is C12H15FO2. The minimum atomic E-state index is -1.02. The topological polar surface area (TPSA) is 29.5 Å². The Labute approximate surface area is 88.7 Å². The van der Waals surface area contributed by atoms with Gasteiger partial charge in [0.1, 0.15) is 11.4 Å². The van der Waals surface area contributed by atoms with E-state index in [1.165, 1.54) is 12.1 Å². The average molecular weight is 210 g/mol. The maximum Gasteiger partial charge on any atom is 0.123 e. The van der Waals surface area contributed by atoms with Crippen LogP contribution in [-0.2, 0) is 10.3 Å². The molecule has 1 aromatic rings. The van der Waals surface area contributed by atoms with Crippen molar-refractivity contribution in [3.05, 3.63) is 35.6 Å². The van der Waals surface area contributed by atoms with Crippen molar-refractivity contribution in [3.8, 4) is 0 Å². The summed E-state index contributed by atoms with van der Waals surface area (Å²) < 4.78 is 18.1. The van der Waals surface area contributed by atoms with Gasteiger partial charge in [-0.15, -0.1) is 0 Å².